The third-order valence-corrected chi connectivity index (χ3v) is 6.14. The molecule has 170 valence electrons. The molecule has 3 aromatic rings. The number of anilines is 2. The van der Waals surface area contributed by atoms with E-state index in [4.69, 9.17) is 5.11 Å². The van der Waals surface area contributed by atoms with Gasteiger partial charge in [-0.05, 0) is 61.1 Å². The van der Waals surface area contributed by atoms with Crippen LogP contribution in [0.3, 0.4) is 0 Å². The Morgan fingerprint density at radius 2 is 2.12 bits per heavy atom. The van der Waals surface area contributed by atoms with Gasteiger partial charge in [0.1, 0.15) is 6.07 Å². The van der Waals surface area contributed by atoms with Crippen LogP contribution < -0.4 is 4.90 Å². The fourth-order valence-electron chi connectivity index (χ4n) is 4.53. The fourth-order valence-corrected chi connectivity index (χ4v) is 4.53. The zero-order valence-corrected chi connectivity index (χ0v) is 18.4. The van der Waals surface area contributed by atoms with E-state index >= 15 is 0 Å². The number of alkyl halides is 2. The molecular formula is C25H24F2N4O2. The van der Waals surface area contributed by atoms with Crippen LogP contribution in [0.2, 0.25) is 0 Å². The van der Waals surface area contributed by atoms with Gasteiger partial charge in [0.2, 0.25) is 0 Å². The zero-order chi connectivity index (χ0) is 23.7. The van der Waals surface area contributed by atoms with Crippen LogP contribution in [0.5, 0.6) is 0 Å². The van der Waals surface area contributed by atoms with E-state index in [2.05, 4.69) is 11.2 Å². The summed E-state index contributed by atoms with van der Waals surface area (Å²) in [7, 11) is 1.74. The summed E-state index contributed by atoms with van der Waals surface area (Å²) < 4.78 is 29.9. The number of nitrogens with zero attached hydrogens (tertiary/aromatic N) is 4. The number of aryl methyl sites for hydroxylation is 3. The zero-order valence-electron chi connectivity index (χ0n) is 18.4. The molecule has 0 amide bonds. The van der Waals surface area contributed by atoms with Gasteiger partial charge in [-0.15, -0.1) is 0 Å². The predicted octanol–water partition coefficient (Wildman–Crippen LogP) is 5.39. The molecule has 2 aromatic carbocycles. The van der Waals surface area contributed by atoms with E-state index in [1.54, 1.807) is 42.3 Å². The highest BCUT2D eigenvalue weighted by Gasteiger charge is 2.30. The van der Waals surface area contributed by atoms with E-state index in [0.717, 1.165) is 18.4 Å². The Bertz CT molecular complexity index is 1250. The molecule has 6 nitrogen and oxygen atoms in total. The topological polar surface area (TPSA) is 82.2 Å². The summed E-state index contributed by atoms with van der Waals surface area (Å²) in [6, 6.07) is 10.9. The maximum atomic E-state index is 14.1. The Morgan fingerprint density at radius 1 is 1.33 bits per heavy atom. The van der Waals surface area contributed by atoms with Crippen LogP contribution in [-0.4, -0.2) is 26.9 Å². The summed E-state index contributed by atoms with van der Waals surface area (Å²) in [4.78, 5) is 13.0. The number of halogens is 2. The number of carboxylic acids is 1. The Morgan fingerprint density at radius 3 is 2.76 bits per heavy atom. The van der Waals surface area contributed by atoms with Crippen LogP contribution >= 0.6 is 0 Å². The van der Waals surface area contributed by atoms with Crippen LogP contribution in [0.25, 0.3) is 11.1 Å². The number of carboxylic acid groups (broad SMARTS) is 1. The van der Waals surface area contributed by atoms with E-state index in [9.17, 15) is 18.8 Å². The van der Waals surface area contributed by atoms with Gasteiger partial charge in [-0.1, -0.05) is 12.1 Å². The number of aliphatic carboxylic acids is 1. The molecule has 0 bridgehead atoms. The van der Waals surface area contributed by atoms with Gasteiger partial charge in [-0.25, -0.2) is 8.78 Å². The van der Waals surface area contributed by atoms with Crippen LogP contribution in [0.1, 0.15) is 48.4 Å². The van der Waals surface area contributed by atoms with Crippen molar-refractivity contribution < 1.29 is 18.7 Å². The Balaban J connectivity index is 1.87. The van der Waals surface area contributed by atoms with Crippen LogP contribution in [0.15, 0.2) is 42.7 Å². The molecule has 1 atom stereocenters. The fraction of sp³-hybridized carbons (Fsp3) is 0.320. The Kier molecular flexibility index (Phi) is 6.14. The molecule has 0 fully saturated rings. The number of aromatic nitrogens is 2. The van der Waals surface area contributed by atoms with Crippen molar-refractivity contribution in [2.45, 2.75) is 45.1 Å². The highest BCUT2D eigenvalue weighted by atomic mass is 19.3. The van der Waals surface area contributed by atoms with E-state index < -0.39 is 12.4 Å². The average molecular weight is 450 g/mol. The molecule has 33 heavy (non-hydrogen) atoms. The lowest BCUT2D eigenvalue weighted by molar-refractivity contribution is -0.136. The molecule has 2 heterocycles. The first-order valence-electron chi connectivity index (χ1n) is 10.8. The van der Waals surface area contributed by atoms with Gasteiger partial charge >= 0.3 is 5.97 Å². The second-order valence-corrected chi connectivity index (χ2v) is 8.35. The van der Waals surface area contributed by atoms with Crippen LogP contribution in [0.4, 0.5) is 20.2 Å². The minimum atomic E-state index is -2.68. The molecular weight excluding hydrogens is 426 g/mol. The lowest BCUT2D eigenvalue weighted by Crippen LogP contribution is -2.34. The summed E-state index contributed by atoms with van der Waals surface area (Å²) in [5.41, 5.74) is 4.23. The number of carbonyl (C=O) groups is 1. The quantitative estimate of drug-likeness (QED) is 0.545. The highest BCUT2D eigenvalue weighted by molar-refractivity contribution is 5.79. The van der Waals surface area contributed by atoms with E-state index in [1.807, 2.05) is 17.9 Å². The standard InChI is InChI=1S/C25H24F2N4O2/c1-15-6-7-17-10-19(18-13-29-30(2)14-18)20(25(26)27)11-23(17)31(15)22-5-3-4-16(21(22)12-28)8-9-24(32)33/h3-5,10-11,13-15,25H,6-9H2,1-2H3,(H,32,33). The molecule has 0 saturated carbocycles. The summed E-state index contributed by atoms with van der Waals surface area (Å²) in [6.07, 6.45) is 2.27. The predicted molar refractivity (Wildman–Crippen MR) is 121 cm³/mol. The third-order valence-electron chi connectivity index (χ3n) is 6.14. The molecule has 0 aliphatic carbocycles. The minimum Gasteiger partial charge on any atom is -0.481 e. The molecule has 1 aromatic heterocycles. The average Bonchev–Trinajstić information content (AvgIpc) is 3.22. The van der Waals surface area contributed by atoms with Gasteiger partial charge in [0.05, 0.1) is 17.4 Å². The second-order valence-electron chi connectivity index (χ2n) is 8.35. The van der Waals surface area contributed by atoms with Crippen molar-refractivity contribution in [1.29, 1.82) is 5.26 Å². The normalized spacial score (nSPS) is 15.4. The molecule has 0 saturated heterocycles. The van der Waals surface area contributed by atoms with Gasteiger partial charge in [0.25, 0.3) is 6.43 Å². The summed E-state index contributed by atoms with van der Waals surface area (Å²) in [6.45, 7) is 2.01. The van der Waals surface area contributed by atoms with Crippen molar-refractivity contribution in [3.8, 4) is 17.2 Å². The van der Waals surface area contributed by atoms with E-state index in [0.29, 0.717) is 33.6 Å². The number of hydrogen-bond acceptors (Lipinski definition) is 4. The van der Waals surface area contributed by atoms with E-state index in [1.165, 1.54) is 6.07 Å². The molecule has 0 radical (unpaired) electrons. The molecule has 4 rings (SSSR count). The van der Waals surface area contributed by atoms with Crippen molar-refractivity contribution >= 4 is 17.3 Å². The Hall–Kier alpha value is -3.73. The van der Waals surface area contributed by atoms with Crippen molar-refractivity contribution in [3.05, 3.63) is 65.0 Å². The lowest BCUT2D eigenvalue weighted by Gasteiger charge is -2.38. The van der Waals surface area contributed by atoms with Gasteiger partial charge < -0.3 is 10.0 Å². The van der Waals surface area contributed by atoms with Crippen molar-refractivity contribution in [2.24, 2.45) is 7.05 Å². The molecule has 1 aliphatic heterocycles. The van der Waals surface area contributed by atoms with E-state index in [-0.39, 0.29) is 24.4 Å². The molecule has 1 unspecified atom stereocenters. The number of hydrogen-bond donors (Lipinski definition) is 1. The molecule has 1 aliphatic rings. The summed E-state index contributed by atoms with van der Waals surface area (Å²) in [5.74, 6) is -0.939. The summed E-state index contributed by atoms with van der Waals surface area (Å²) in [5, 5.41) is 23.1. The maximum absolute atomic E-state index is 14.1. The first-order chi connectivity index (χ1) is 15.8. The van der Waals surface area contributed by atoms with Gasteiger partial charge in [0, 0.05) is 42.5 Å². The smallest absolute Gasteiger partial charge is 0.303 e. The maximum Gasteiger partial charge on any atom is 0.303 e. The van der Waals surface area contributed by atoms with Crippen LogP contribution in [-0.2, 0) is 24.7 Å². The number of benzene rings is 2. The van der Waals surface area contributed by atoms with Crippen LogP contribution in [0, 0.1) is 11.3 Å². The minimum absolute atomic E-state index is 0.0194. The lowest BCUT2D eigenvalue weighted by atomic mass is 9.89. The SMILES string of the molecule is CC1CCc2cc(-c3cnn(C)c3)c(C(F)F)cc2N1c1cccc(CCC(=O)O)c1C#N. The van der Waals surface area contributed by atoms with Gasteiger partial charge in [-0.3, -0.25) is 9.48 Å². The van der Waals surface area contributed by atoms with Crippen molar-refractivity contribution in [3.63, 3.8) is 0 Å². The first kappa shape index (κ1) is 22.5. The number of fused-ring (bicyclic) bond motifs is 1. The third kappa shape index (κ3) is 4.31. The first-order valence-corrected chi connectivity index (χ1v) is 10.8. The molecule has 0 spiro atoms. The molecule has 1 N–H and O–H groups in total. The second kappa shape index (κ2) is 9.02. The highest BCUT2D eigenvalue weighted by Crippen LogP contribution is 2.44. The Labute approximate surface area is 190 Å². The van der Waals surface area contributed by atoms with Crippen molar-refractivity contribution in [2.75, 3.05) is 4.90 Å². The number of rotatable bonds is 6. The monoisotopic (exact) mass is 450 g/mol. The number of nitriles is 1. The largest absolute Gasteiger partial charge is 0.481 e. The van der Waals surface area contributed by atoms with Gasteiger partial charge in [-0.2, -0.15) is 10.4 Å². The summed E-state index contributed by atoms with van der Waals surface area (Å²) >= 11 is 0. The molecule has 8 heteroatoms. The van der Waals surface area contributed by atoms with Gasteiger partial charge in [0.15, 0.2) is 0 Å². The van der Waals surface area contributed by atoms with Crippen molar-refractivity contribution in [1.82, 2.24) is 9.78 Å².